The molecule has 2 aromatic heterocycles. The lowest BCUT2D eigenvalue weighted by Gasteiger charge is -2.28. The van der Waals surface area contributed by atoms with Gasteiger partial charge in [0.15, 0.2) is 0 Å². The van der Waals surface area contributed by atoms with E-state index in [2.05, 4.69) is 15.3 Å². The maximum absolute atomic E-state index is 13.9. The number of aromatic nitrogens is 3. The first-order valence-electron chi connectivity index (χ1n) is 5.59. The van der Waals surface area contributed by atoms with Crippen LogP contribution in [0, 0.1) is 0 Å². The third-order valence-electron chi connectivity index (χ3n) is 3.16. The Bertz CT molecular complexity index is 545. The minimum Gasteiger partial charge on any atom is -0.326 e. The van der Waals surface area contributed by atoms with Crippen molar-refractivity contribution in [3.63, 3.8) is 0 Å². The fourth-order valence-corrected chi connectivity index (χ4v) is 2.43. The van der Waals surface area contributed by atoms with Crippen molar-refractivity contribution >= 4 is 35.0 Å². The highest BCUT2D eigenvalue weighted by Gasteiger charge is 2.27. The zero-order chi connectivity index (χ0) is 11.8. The molecular formula is C11H13Cl2FN4. The van der Waals surface area contributed by atoms with Crippen LogP contribution in [0.4, 0.5) is 4.39 Å². The first-order chi connectivity index (χ1) is 8.25. The molecule has 7 heteroatoms. The first-order valence-corrected chi connectivity index (χ1v) is 5.97. The van der Waals surface area contributed by atoms with E-state index >= 15 is 0 Å². The van der Waals surface area contributed by atoms with Gasteiger partial charge < -0.3 is 9.88 Å². The summed E-state index contributed by atoms with van der Waals surface area (Å²) in [6.07, 6.45) is 3.38. The van der Waals surface area contributed by atoms with E-state index in [1.54, 1.807) is 6.20 Å². The molecule has 1 N–H and O–H groups in total. The van der Waals surface area contributed by atoms with Crippen LogP contribution in [0.25, 0.3) is 11.0 Å². The highest BCUT2D eigenvalue weighted by atomic mass is 35.5. The van der Waals surface area contributed by atoms with Crippen LogP contribution in [0.5, 0.6) is 0 Å². The molecule has 1 aliphatic heterocycles. The SMILES string of the molecule is Cl.F[C@@H]1CNCC[C@@H]1n1ccc2cnc(Cl)nc21. The van der Waals surface area contributed by atoms with Crippen LogP contribution in [0.3, 0.4) is 0 Å². The Morgan fingerprint density at radius 3 is 3.11 bits per heavy atom. The lowest BCUT2D eigenvalue weighted by molar-refractivity contribution is 0.187. The lowest BCUT2D eigenvalue weighted by Crippen LogP contribution is -2.39. The van der Waals surface area contributed by atoms with Crippen LogP contribution < -0.4 is 5.32 Å². The number of nitrogens with one attached hydrogen (secondary N) is 1. The van der Waals surface area contributed by atoms with Crippen molar-refractivity contribution in [2.45, 2.75) is 18.6 Å². The number of piperidine rings is 1. The van der Waals surface area contributed by atoms with Crippen molar-refractivity contribution < 1.29 is 4.39 Å². The fourth-order valence-electron chi connectivity index (χ4n) is 2.30. The van der Waals surface area contributed by atoms with Gasteiger partial charge in [0.1, 0.15) is 11.8 Å². The zero-order valence-corrected chi connectivity index (χ0v) is 11.1. The van der Waals surface area contributed by atoms with E-state index in [1.165, 1.54) is 0 Å². The van der Waals surface area contributed by atoms with E-state index in [1.807, 2.05) is 16.8 Å². The van der Waals surface area contributed by atoms with Crippen LogP contribution in [0.15, 0.2) is 18.5 Å². The molecule has 0 bridgehead atoms. The van der Waals surface area contributed by atoms with Crippen molar-refractivity contribution in [3.05, 3.63) is 23.7 Å². The Labute approximate surface area is 115 Å². The van der Waals surface area contributed by atoms with Crippen molar-refractivity contribution in [1.82, 2.24) is 19.9 Å². The Hall–Kier alpha value is -0.910. The van der Waals surface area contributed by atoms with Gasteiger partial charge in [0.05, 0.1) is 6.04 Å². The Morgan fingerprint density at radius 1 is 1.50 bits per heavy atom. The van der Waals surface area contributed by atoms with Gasteiger partial charge in [0, 0.05) is 24.3 Å². The number of hydrogen-bond acceptors (Lipinski definition) is 3. The molecule has 98 valence electrons. The second kappa shape index (κ2) is 5.38. The number of nitrogens with zero attached hydrogens (tertiary/aromatic N) is 3. The molecule has 0 aromatic carbocycles. The zero-order valence-electron chi connectivity index (χ0n) is 9.51. The largest absolute Gasteiger partial charge is 0.326 e. The third-order valence-corrected chi connectivity index (χ3v) is 3.34. The number of halogens is 3. The number of alkyl halides is 1. The molecule has 0 unspecified atom stereocenters. The molecule has 0 saturated carbocycles. The van der Waals surface area contributed by atoms with Crippen LogP contribution in [0.2, 0.25) is 5.28 Å². The Balaban J connectivity index is 0.00000120. The molecule has 0 aliphatic carbocycles. The summed E-state index contributed by atoms with van der Waals surface area (Å²) in [5.74, 6) is 0. The molecule has 1 fully saturated rings. The third kappa shape index (κ3) is 2.30. The van der Waals surface area contributed by atoms with Gasteiger partial charge in [-0.1, -0.05) is 0 Å². The maximum Gasteiger partial charge on any atom is 0.224 e. The van der Waals surface area contributed by atoms with Crippen molar-refractivity contribution in [2.24, 2.45) is 0 Å². The van der Waals surface area contributed by atoms with Gasteiger partial charge in [-0.05, 0) is 30.6 Å². The quantitative estimate of drug-likeness (QED) is 0.820. The molecule has 3 rings (SSSR count). The predicted molar refractivity (Wildman–Crippen MR) is 71.2 cm³/mol. The second-order valence-electron chi connectivity index (χ2n) is 4.22. The standard InChI is InChI=1S/C11H12ClFN4.ClH/c12-11-15-5-7-2-4-17(10(7)16-11)9-1-3-14-6-8(9)13;/h2,4-5,8-9,14H,1,3,6H2;1H/t8-,9+;/m1./s1. The van der Waals surface area contributed by atoms with Crippen molar-refractivity contribution in [1.29, 1.82) is 0 Å². The summed E-state index contributed by atoms with van der Waals surface area (Å²) in [5.41, 5.74) is 0.708. The highest BCUT2D eigenvalue weighted by Crippen LogP contribution is 2.26. The van der Waals surface area contributed by atoms with Crippen LogP contribution >= 0.6 is 24.0 Å². The molecule has 1 aliphatic rings. The van der Waals surface area contributed by atoms with E-state index < -0.39 is 6.17 Å². The Morgan fingerprint density at radius 2 is 2.33 bits per heavy atom. The summed E-state index contributed by atoms with van der Waals surface area (Å²) < 4.78 is 15.7. The van der Waals surface area contributed by atoms with E-state index in [-0.39, 0.29) is 23.7 Å². The van der Waals surface area contributed by atoms with E-state index in [4.69, 9.17) is 11.6 Å². The smallest absolute Gasteiger partial charge is 0.224 e. The molecule has 0 amide bonds. The van der Waals surface area contributed by atoms with Gasteiger partial charge in [-0.3, -0.25) is 0 Å². The fraction of sp³-hybridized carbons (Fsp3) is 0.455. The van der Waals surface area contributed by atoms with Crippen molar-refractivity contribution in [2.75, 3.05) is 13.1 Å². The van der Waals surface area contributed by atoms with Gasteiger partial charge in [-0.25, -0.2) is 9.37 Å². The normalized spacial score (nSPS) is 23.9. The number of rotatable bonds is 1. The molecule has 3 heterocycles. The lowest BCUT2D eigenvalue weighted by atomic mass is 10.0. The van der Waals surface area contributed by atoms with Gasteiger partial charge in [0.2, 0.25) is 5.28 Å². The van der Waals surface area contributed by atoms with Crippen molar-refractivity contribution in [3.8, 4) is 0 Å². The summed E-state index contributed by atoms with van der Waals surface area (Å²) in [7, 11) is 0. The monoisotopic (exact) mass is 290 g/mol. The molecule has 2 atom stereocenters. The minimum absolute atomic E-state index is 0. The topological polar surface area (TPSA) is 42.7 Å². The number of fused-ring (bicyclic) bond motifs is 1. The molecule has 1 saturated heterocycles. The second-order valence-corrected chi connectivity index (χ2v) is 4.56. The van der Waals surface area contributed by atoms with E-state index in [0.717, 1.165) is 18.4 Å². The molecule has 2 aromatic rings. The molecular weight excluding hydrogens is 278 g/mol. The summed E-state index contributed by atoms with van der Waals surface area (Å²) in [6, 6.07) is 1.72. The summed E-state index contributed by atoms with van der Waals surface area (Å²) in [4.78, 5) is 8.10. The van der Waals surface area contributed by atoms with Gasteiger partial charge in [-0.2, -0.15) is 4.98 Å². The Kier molecular flexibility index (Phi) is 4.04. The number of hydrogen-bond donors (Lipinski definition) is 1. The average molecular weight is 291 g/mol. The molecule has 0 radical (unpaired) electrons. The van der Waals surface area contributed by atoms with Gasteiger partial charge in [0.25, 0.3) is 0 Å². The molecule has 18 heavy (non-hydrogen) atoms. The molecule has 0 spiro atoms. The van der Waals surface area contributed by atoms with Crippen LogP contribution in [0.1, 0.15) is 12.5 Å². The van der Waals surface area contributed by atoms with Crippen LogP contribution in [-0.4, -0.2) is 33.8 Å². The molecule has 4 nitrogen and oxygen atoms in total. The van der Waals surface area contributed by atoms with Gasteiger partial charge in [-0.15, -0.1) is 12.4 Å². The summed E-state index contributed by atoms with van der Waals surface area (Å²) >= 11 is 5.78. The average Bonchev–Trinajstić information content (AvgIpc) is 2.72. The maximum atomic E-state index is 13.9. The minimum atomic E-state index is -0.895. The predicted octanol–water partition coefficient (Wildman–Crippen LogP) is 2.38. The van der Waals surface area contributed by atoms with E-state index in [9.17, 15) is 4.39 Å². The highest BCUT2D eigenvalue weighted by molar-refractivity contribution is 6.28. The van der Waals surface area contributed by atoms with E-state index in [0.29, 0.717) is 12.2 Å². The van der Waals surface area contributed by atoms with Crippen LogP contribution in [-0.2, 0) is 0 Å². The summed E-state index contributed by atoms with van der Waals surface area (Å²) in [6.45, 7) is 1.22. The summed E-state index contributed by atoms with van der Waals surface area (Å²) in [5, 5.41) is 4.12. The van der Waals surface area contributed by atoms with Gasteiger partial charge >= 0.3 is 0 Å². The first kappa shape index (κ1) is 13.5.